The molecule has 18 heavy (non-hydrogen) atoms. The molecule has 0 heterocycles. The number of thioether (sulfide) groups is 1. The SMILES string of the molecule is NNC(CCC(F)(F)F)CSc1ccccc1Br. The van der Waals surface area contributed by atoms with Crippen LogP contribution in [0.4, 0.5) is 13.2 Å². The van der Waals surface area contributed by atoms with E-state index in [0.29, 0.717) is 5.75 Å². The van der Waals surface area contributed by atoms with Crippen molar-refractivity contribution in [3.63, 3.8) is 0 Å². The fraction of sp³-hybridized carbons (Fsp3) is 0.455. The van der Waals surface area contributed by atoms with E-state index in [2.05, 4.69) is 21.4 Å². The van der Waals surface area contributed by atoms with Crippen LogP contribution in [-0.2, 0) is 0 Å². The number of halogens is 4. The zero-order chi connectivity index (χ0) is 13.6. The highest BCUT2D eigenvalue weighted by Crippen LogP contribution is 2.29. The zero-order valence-corrected chi connectivity index (χ0v) is 11.9. The van der Waals surface area contributed by atoms with Crippen LogP contribution < -0.4 is 11.3 Å². The largest absolute Gasteiger partial charge is 0.389 e. The van der Waals surface area contributed by atoms with Crippen molar-refractivity contribution in [1.29, 1.82) is 0 Å². The first-order valence-corrected chi connectivity index (χ1v) is 7.10. The Morgan fingerprint density at radius 1 is 1.33 bits per heavy atom. The van der Waals surface area contributed by atoms with Gasteiger partial charge in [-0.2, -0.15) is 13.2 Å². The standard InChI is InChI=1S/C11H14BrF3N2S/c12-9-3-1-2-4-10(9)18-7-8(17-16)5-6-11(13,14)15/h1-4,8,17H,5-7,16H2. The molecule has 0 bridgehead atoms. The number of nitrogens with two attached hydrogens (primary N) is 1. The molecular weight excluding hydrogens is 329 g/mol. The van der Waals surface area contributed by atoms with Crippen molar-refractivity contribution in [3.8, 4) is 0 Å². The average molecular weight is 343 g/mol. The summed E-state index contributed by atoms with van der Waals surface area (Å²) in [4.78, 5) is 0.991. The third kappa shape index (κ3) is 6.08. The maximum atomic E-state index is 12.1. The van der Waals surface area contributed by atoms with Gasteiger partial charge in [0.25, 0.3) is 0 Å². The first kappa shape index (κ1) is 15.8. The van der Waals surface area contributed by atoms with E-state index in [-0.39, 0.29) is 12.5 Å². The van der Waals surface area contributed by atoms with Gasteiger partial charge in [0.2, 0.25) is 0 Å². The number of nitrogens with one attached hydrogen (secondary N) is 1. The van der Waals surface area contributed by atoms with Crippen LogP contribution in [0.15, 0.2) is 33.6 Å². The molecule has 1 aromatic rings. The van der Waals surface area contributed by atoms with E-state index >= 15 is 0 Å². The highest BCUT2D eigenvalue weighted by atomic mass is 79.9. The third-order valence-corrected chi connectivity index (χ3v) is 4.48. The Kier molecular flexibility index (Phi) is 6.48. The normalized spacial score (nSPS) is 13.6. The number of hydrazine groups is 1. The molecule has 3 N–H and O–H groups in total. The van der Waals surface area contributed by atoms with Crippen LogP contribution in [0, 0.1) is 0 Å². The Morgan fingerprint density at radius 2 is 2.00 bits per heavy atom. The Balaban J connectivity index is 2.43. The Hall–Kier alpha value is -0.240. The zero-order valence-electron chi connectivity index (χ0n) is 9.51. The molecule has 0 saturated heterocycles. The molecule has 2 nitrogen and oxygen atoms in total. The summed E-state index contributed by atoms with van der Waals surface area (Å²) in [5, 5.41) is 0. The van der Waals surface area contributed by atoms with Gasteiger partial charge in [-0.15, -0.1) is 11.8 Å². The van der Waals surface area contributed by atoms with Crippen LogP contribution in [0.3, 0.4) is 0 Å². The second kappa shape index (κ2) is 7.37. The maximum absolute atomic E-state index is 12.1. The summed E-state index contributed by atoms with van der Waals surface area (Å²) in [5.74, 6) is 5.76. The molecule has 0 aliphatic carbocycles. The van der Waals surface area contributed by atoms with Crippen molar-refractivity contribution in [3.05, 3.63) is 28.7 Å². The third-order valence-electron chi connectivity index (χ3n) is 2.29. The van der Waals surface area contributed by atoms with Crippen molar-refractivity contribution in [2.75, 3.05) is 5.75 Å². The van der Waals surface area contributed by atoms with Gasteiger partial charge in [-0.1, -0.05) is 12.1 Å². The Bertz CT molecular complexity index is 374. The molecule has 0 amide bonds. The van der Waals surface area contributed by atoms with Gasteiger partial charge in [0.1, 0.15) is 0 Å². The number of alkyl halides is 3. The topological polar surface area (TPSA) is 38.0 Å². The van der Waals surface area contributed by atoms with Crippen molar-refractivity contribution >= 4 is 27.7 Å². The van der Waals surface area contributed by atoms with Gasteiger partial charge in [0.15, 0.2) is 0 Å². The van der Waals surface area contributed by atoms with Crippen LogP contribution in [0.2, 0.25) is 0 Å². The van der Waals surface area contributed by atoms with E-state index in [0.717, 1.165) is 9.37 Å². The summed E-state index contributed by atoms with van der Waals surface area (Å²) >= 11 is 4.86. The first-order chi connectivity index (χ1) is 8.42. The fourth-order valence-electron chi connectivity index (χ4n) is 1.30. The molecule has 0 fully saturated rings. The van der Waals surface area contributed by atoms with Gasteiger partial charge in [-0.05, 0) is 34.5 Å². The summed E-state index contributed by atoms with van der Waals surface area (Å²) in [7, 11) is 0. The second-order valence-electron chi connectivity index (χ2n) is 3.76. The van der Waals surface area contributed by atoms with Gasteiger partial charge in [-0.3, -0.25) is 11.3 Å². The van der Waals surface area contributed by atoms with E-state index in [4.69, 9.17) is 5.84 Å². The molecule has 0 saturated carbocycles. The van der Waals surface area contributed by atoms with Crippen LogP contribution >= 0.6 is 27.7 Å². The summed E-state index contributed by atoms with van der Waals surface area (Å²) in [6, 6.07) is 7.21. The molecule has 0 radical (unpaired) electrons. The predicted molar refractivity (Wildman–Crippen MR) is 71.3 cm³/mol. The smallest absolute Gasteiger partial charge is 0.271 e. The molecule has 1 unspecified atom stereocenters. The van der Waals surface area contributed by atoms with E-state index < -0.39 is 12.6 Å². The van der Waals surface area contributed by atoms with Gasteiger partial charge in [-0.25, -0.2) is 0 Å². The molecule has 102 valence electrons. The van der Waals surface area contributed by atoms with Crippen LogP contribution in [-0.4, -0.2) is 18.0 Å². The van der Waals surface area contributed by atoms with E-state index in [1.165, 1.54) is 11.8 Å². The quantitative estimate of drug-likeness (QED) is 0.470. The van der Waals surface area contributed by atoms with Gasteiger partial charge in [0, 0.05) is 27.6 Å². The molecule has 0 aliphatic rings. The lowest BCUT2D eigenvalue weighted by Gasteiger charge is -2.16. The number of rotatable bonds is 6. The summed E-state index contributed by atoms with van der Waals surface area (Å²) in [6.45, 7) is 0. The van der Waals surface area contributed by atoms with E-state index in [1.54, 1.807) is 0 Å². The molecule has 0 aromatic heterocycles. The van der Waals surface area contributed by atoms with Crippen molar-refractivity contribution in [1.82, 2.24) is 5.43 Å². The molecule has 0 spiro atoms. The lowest BCUT2D eigenvalue weighted by Crippen LogP contribution is -2.37. The molecule has 1 rings (SSSR count). The molecule has 1 aromatic carbocycles. The van der Waals surface area contributed by atoms with Gasteiger partial charge >= 0.3 is 6.18 Å². The summed E-state index contributed by atoms with van der Waals surface area (Å²) < 4.78 is 37.2. The van der Waals surface area contributed by atoms with Crippen molar-refractivity contribution in [2.45, 2.75) is 30.0 Å². The van der Waals surface area contributed by atoms with Crippen molar-refractivity contribution < 1.29 is 13.2 Å². The van der Waals surface area contributed by atoms with Crippen molar-refractivity contribution in [2.24, 2.45) is 5.84 Å². The monoisotopic (exact) mass is 342 g/mol. The lowest BCUT2D eigenvalue weighted by molar-refractivity contribution is -0.136. The Labute approximate surface area is 117 Å². The minimum atomic E-state index is -4.13. The fourth-order valence-corrected chi connectivity index (χ4v) is 2.96. The van der Waals surface area contributed by atoms with Gasteiger partial charge in [0.05, 0.1) is 0 Å². The lowest BCUT2D eigenvalue weighted by atomic mass is 10.2. The van der Waals surface area contributed by atoms with Crippen LogP contribution in [0.5, 0.6) is 0 Å². The van der Waals surface area contributed by atoms with E-state index in [1.807, 2.05) is 24.3 Å². The molecule has 0 aliphatic heterocycles. The Morgan fingerprint density at radius 3 is 2.56 bits per heavy atom. The van der Waals surface area contributed by atoms with Gasteiger partial charge < -0.3 is 0 Å². The maximum Gasteiger partial charge on any atom is 0.389 e. The minimum absolute atomic E-state index is 0.0164. The highest BCUT2D eigenvalue weighted by Gasteiger charge is 2.28. The minimum Gasteiger partial charge on any atom is -0.271 e. The van der Waals surface area contributed by atoms with E-state index in [9.17, 15) is 13.2 Å². The molecular formula is C11H14BrF3N2S. The number of hydrogen-bond donors (Lipinski definition) is 2. The first-order valence-electron chi connectivity index (χ1n) is 5.32. The second-order valence-corrected chi connectivity index (χ2v) is 5.68. The predicted octanol–water partition coefficient (Wildman–Crippen LogP) is 3.72. The van der Waals surface area contributed by atoms with Crippen LogP contribution in [0.1, 0.15) is 12.8 Å². The molecule has 7 heteroatoms. The molecule has 1 atom stereocenters. The summed E-state index contributed by atoms with van der Waals surface area (Å²) in [6.07, 6.45) is -4.97. The van der Waals surface area contributed by atoms with Crippen LogP contribution in [0.25, 0.3) is 0 Å². The average Bonchev–Trinajstić information content (AvgIpc) is 2.30. The summed E-state index contributed by atoms with van der Waals surface area (Å²) in [5.41, 5.74) is 2.43. The number of hydrogen-bond acceptors (Lipinski definition) is 3. The highest BCUT2D eigenvalue weighted by molar-refractivity contribution is 9.10. The number of benzene rings is 1.